The van der Waals surface area contributed by atoms with Gasteiger partial charge in [0.05, 0.1) is 17.2 Å². The van der Waals surface area contributed by atoms with Crippen LogP contribution in [0.2, 0.25) is 0 Å². The van der Waals surface area contributed by atoms with E-state index in [1.165, 1.54) is 17.8 Å². The fraction of sp³-hybridized carbons (Fsp3) is 0.217. The van der Waals surface area contributed by atoms with Crippen molar-refractivity contribution >= 4 is 57.8 Å². The van der Waals surface area contributed by atoms with Gasteiger partial charge in [-0.15, -0.1) is 11.8 Å². The third-order valence-corrected chi connectivity index (χ3v) is 7.35. The van der Waals surface area contributed by atoms with E-state index in [2.05, 4.69) is 26.4 Å². The number of carboxylic acid groups (broad SMARTS) is 1. The number of oxime groups is 1. The largest absolute Gasteiger partial charge is 0.543 e. The van der Waals surface area contributed by atoms with E-state index in [-0.39, 0.29) is 34.7 Å². The number of carbonyl (C=O) groups excluding carboxylic acids is 4. The highest BCUT2D eigenvalue weighted by atomic mass is 32.2. The molecule has 202 valence electrons. The van der Waals surface area contributed by atoms with Gasteiger partial charge in [-0.3, -0.25) is 19.3 Å². The molecule has 4 heterocycles. The minimum Gasteiger partial charge on any atom is -0.543 e. The summed E-state index contributed by atoms with van der Waals surface area (Å²) in [6.45, 7) is 3.88. The first-order chi connectivity index (χ1) is 18.7. The molecule has 2 atom stereocenters. The number of fused-ring (bicyclic) bond motifs is 1. The number of primary amides is 1. The number of nitrogen functional groups attached to an aromatic ring is 1. The fourth-order valence-electron chi connectivity index (χ4n) is 3.70. The maximum absolute atomic E-state index is 13.0. The van der Waals surface area contributed by atoms with E-state index in [0.717, 1.165) is 16.4 Å². The second kappa shape index (κ2) is 11.9. The lowest BCUT2D eigenvalue weighted by Gasteiger charge is -2.50. The minimum atomic E-state index is -1.52. The number of allylic oxidation sites excluding steroid dienone is 2. The first-order valence-electron chi connectivity index (χ1n) is 11.3. The maximum atomic E-state index is 13.0. The Morgan fingerprint density at radius 3 is 2.72 bits per heavy atom. The molecule has 2 aliphatic heterocycles. The van der Waals surface area contributed by atoms with Crippen molar-refractivity contribution in [3.8, 4) is 0 Å². The van der Waals surface area contributed by atoms with Crippen LogP contribution < -0.4 is 26.5 Å². The van der Waals surface area contributed by atoms with Gasteiger partial charge in [0, 0.05) is 29.4 Å². The number of carboxylic acids is 1. The summed E-state index contributed by atoms with van der Waals surface area (Å²) in [5.74, 6) is -3.31. The summed E-state index contributed by atoms with van der Waals surface area (Å²) in [4.78, 5) is 59.2. The molecule has 0 aliphatic carbocycles. The molecule has 0 radical (unpaired) electrons. The van der Waals surface area contributed by atoms with Crippen molar-refractivity contribution in [1.82, 2.24) is 19.6 Å². The van der Waals surface area contributed by atoms with Crippen LogP contribution in [0.1, 0.15) is 16.2 Å². The monoisotopic (exact) mass is 570 g/mol. The van der Waals surface area contributed by atoms with E-state index in [0.29, 0.717) is 17.7 Å². The third kappa shape index (κ3) is 5.96. The summed E-state index contributed by atoms with van der Waals surface area (Å²) in [7, 11) is 0. The van der Waals surface area contributed by atoms with Crippen molar-refractivity contribution < 1.29 is 33.7 Å². The number of hydrogen-bond donors (Lipinski definition) is 3. The number of aromatic nitrogens is 3. The van der Waals surface area contributed by atoms with Crippen LogP contribution in [0, 0.1) is 0 Å². The van der Waals surface area contributed by atoms with E-state index in [9.17, 15) is 24.3 Å². The third-order valence-electron chi connectivity index (χ3n) is 5.51. The number of pyridine rings is 1. The summed E-state index contributed by atoms with van der Waals surface area (Å²) in [6, 6.07) is 2.11. The highest BCUT2D eigenvalue weighted by Gasteiger charge is 2.53. The molecular weight excluding hydrogens is 548 g/mol. The van der Waals surface area contributed by atoms with Gasteiger partial charge in [0.1, 0.15) is 18.0 Å². The quantitative estimate of drug-likeness (QED) is 0.0680. The Labute approximate surface area is 229 Å². The Morgan fingerprint density at radius 1 is 1.36 bits per heavy atom. The Morgan fingerprint density at radius 2 is 2.10 bits per heavy atom. The molecule has 2 aromatic heterocycles. The van der Waals surface area contributed by atoms with Gasteiger partial charge in [-0.25, -0.2) is 4.57 Å². The summed E-state index contributed by atoms with van der Waals surface area (Å²) < 4.78 is 5.71. The number of β-lactam (4-membered cyclic amide) rings is 1. The number of nitrogens with zero attached hydrogens (tertiary/aromatic N) is 5. The number of carbonyl (C=O) groups is 4. The molecule has 0 saturated carbocycles. The number of nitrogens with one attached hydrogen (secondary N) is 1. The molecular formula is C23H22N8O6S2. The number of rotatable bonds is 11. The topological polar surface area (TPSA) is 210 Å². The zero-order chi connectivity index (χ0) is 28.1. The summed E-state index contributed by atoms with van der Waals surface area (Å²) >= 11 is 2.13. The number of anilines is 1. The van der Waals surface area contributed by atoms with Crippen LogP contribution in [0.25, 0.3) is 0 Å². The van der Waals surface area contributed by atoms with Crippen LogP contribution in [-0.2, 0) is 25.8 Å². The first-order valence-corrected chi connectivity index (χ1v) is 13.1. The van der Waals surface area contributed by atoms with Crippen LogP contribution in [0.5, 0.6) is 0 Å². The van der Waals surface area contributed by atoms with Crippen LogP contribution in [0.3, 0.4) is 0 Å². The van der Waals surface area contributed by atoms with Crippen LogP contribution in [0.4, 0.5) is 5.13 Å². The van der Waals surface area contributed by atoms with Gasteiger partial charge in [-0.05, 0) is 11.6 Å². The molecule has 5 N–H and O–H groups in total. The highest BCUT2D eigenvalue weighted by molar-refractivity contribution is 8.00. The number of aliphatic carboxylic acids is 1. The lowest BCUT2D eigenvalue weighted by Crippen LogP contribution is -2.71. The molecule has 1 fully saturated rings. The van der Waals surface area contributed by atoms with E-state index < -0.39 is 35.1 Å². The summed E-state index contributed by atoms with van der Waals surface area (Å²) in [6.07, 6.45) is 8.05. The van der Waals surface area contributed by atoms with Gasteiger partial charge < -0.3 is 31.5 Å². The molecule has 0 aromatic carbocycles. The van der Waals surface area contributed by atoms with Gasteiger partial charge in [0.25, 0.3) is 11.8 Å². The van der Waals surface area contributed by atoms with E-state index >= 15 is 0 Å². The molecule has 1 saturated heterocycles. The van der Waals surface area contributed by atoms with E-state index in [1.54, 1.807) is 41.2 Å². The lowest BCUT2D eigenvalue weighted by molar-refractivity contribution is -0.687. The standard InChI is InChI=1S/C23H22N8O6S2/c1-2-10-37-28-14(18-27-23(25)39-29-18)19(33)26-15-20(34)31-16(22(35)36)13(11-38-21(15)31)4-3-7-30-8-5-12(6-9-30)17(24)32/h2-6,8-9,15,21H,1,7,10-11H2,(H5-,24,25,26,27,29,32,33,35,36)/b4-3+,28-14+/t15?,21-/m1/s1. The van der Waals surface area contributed by atoms with Crippen molar-refractivity contribution in [2.75, 3.05) is 18.1 Å². The molecule has 0 spiro atoms. The molecule has 39 heavy (non-hydrogen) atoms. The first kappa shape index (κ1) is 27.5. The van der Waals surface area contributed by atoms with Crippen molar-refractivity contribution in [3.05, 3.63) is 72.0 Å². The number of hydrogen-bond acceptors (Lipinski definition) is 12. The molecule has 14 nitrogen and oxygen atoms in total. The highest BCUT2D eigenvalue weighted by Crippen LogP contribution is 2.40. The molecule has 1 unspecified atom stereocenters. The predicted molar refractivity (Wildman–Crippen MR) is 138 cm³/mol. The van der Waals surface area contributed by atoms with Gasteiger partial charge in [0.2, 0.25) is 17.4 Å². The molecule has 3 amide bonds. The Bertz CT molecular complexity index is 1420. The molecule has 0 bridgehead atoms. The zero-order valence-electron chi connectivity index (χ0n) is 20.2. The number of thioether (sulfide) groups is 1. The molecule has 2 aliphatic rings. The summed E-state index contributed by atoms with van der Waals surface area (Å²) in [5.41, 5.74) is 11.0. The smallest absolute Gasteiger partial charge is 0.278 e. The molecule has 2 aromatic rings. The van der Waals surface area contributed by atoms with Crippen LogP contribution in [0.15, 0.2) is 65.8 Å². The number of amides is 3. The van der Waals surface area contributed by atoms with Crippen molar-refractivity contribution in [1.29, 1.82) is 0 Å². The van der Waals surface area contributed by atoms with Crippen molar-refractivity contribution in [2.24, 2.45) is 10.9 Å². The number of nitrogens with two attached hydrogens (primary N) is 2. The van der Waals surface area contributed by atoms with Crippen molar-refractivity contribution in [2.45, 2.75) is 18.0 Å². The van der Waals surface area contributed by atoms with Crippen molar-refractivity contribution in [3.63, 3.8) is 0 Å². The Balaban J connectivity index is 1.47. The summed E-state index contributed by atoms with van der Waals surface area (Å²) in [5, 5.41) is 17.7. The minimum absolute atomic E-state index is 0.0122. The van der Waals surface area contributed by atoms with Crippen LogP contribution in [-0.4, -0.2) is 67.4 Å². The van der Waals surface area contributed by atoms with E-state index in [1.807, 2.05) is 0 Å². The molecule has 4 rings (SSSR count). The van der Waals surface area contributed by atoms with Gasteiger partial charge in [-0.1, -0.05) is 23.9 Å². The molecule has 16 heteroatoms. The maximum Gasteiger partial charge on any atom is 0.278 e. The predicted octanol–water partition coefficient (Wildman–Crippen LogP) is -1.93. The Kier molecular flexibility index (Phi) is 8.36. The zero-order valence-corrected chi connectivity index (χ0v) is 21.8. The normalized spacial score (nSPS) is 18.9. The average molecular weight is 571 g/mol. The Hall–Kier alpha value is -4.57. The average Bonchev–Trinajstić information content (AvgIpc) is 3.35. The van der Waals surface area contributed by atoms with Gasteiger partial charge in [0.15, 0.2) is 24.1 Å². The van der Waals surface area contributed by atoms with Gasteiger partial charge in [-0.2, -0.15) is 9.36 Å². The van der Waals surface area contributed by atoms with Gasteiger partial charge >= 0.3 is 0 Å². The second-order valence-corrected chi connectivity index (χ2v) is 9.94. The van der Waals surface area contributed by atoms with Crippen LogP contribution >= 0.6 is 23.3 Å². The lowest BCUT2D eigenvalue weighted by atomic mass is 10.0. The second-order valence-electron chi connectivity index (χ2n) is 8.05. The van der Waals surface area contributed by atoms with E-state index in [4.69, 9.17) is 16.3 Å². The SMILES string of the molecule is C=CCO/N=C(/C(=O)NC1C(=O)N2C(C(=O)[O-])=C(/C=C/C[n+]3ccc(C(N)=O)cc3)CS[C@H]12)c1nsc(N)n1. The fourth-order valence-corrected chi connectivity index (χ4v) is 5.45.